The average Bonchev–Trinajstić information content (AvgIpc) is 3.06. The van der Waals surface area contributed by atoms with E-state index in [0.717, 1.165) is 37.0 Å². The van der Waals surface area contributed by atoms with Crippen LogP contribution in [0.1, 0.15) is 47.6 Å². The van der Waals surface area contributed by atoms with Gasteiger partial charge in [0.2, 0.25) is 0 Å². The van der Waals surface area contributed by atoms with Crippen LogP contribution in [0.3, 0.4) is 0 Å². The number of fused-ring (bicyclic) bond motifs is 1. The van der Waals surface area contributed by atoms with Gasteiger partial charge in [-0.3, -0.25) is 0 Å². The van der Waals surface area contributed by atoms with E-state index in [1.807, 2.05) is 6.07 Å². The quantitative estimate of drug-likeness (QED) is 0.120. The van der Waals surface area contributed by atoms with Crippen LogP contribution < -0.4 is 0 Å². The highest BCUT2D eigenvalue weighted by molar-refractivity contribution is 5.89. The zero-order chi connectivity index (χ0) is 36.6. The van der Waals surface area contributed by atoms with Gasteiger partial charge in [-0.1, -0.05) is 61.6 Å². The van der Waals surface area contributed by atoms with Crippen molar-refractivity contribution in [3.63, 3.8) is 0 Å². The highest BCUT2D eigenvalue weighted by atomic mass is 19.4. The Hall–Kier alpha value is -5.49. The summed E-state index contributed by atoms with van der Waals surface area (Å²) in [4.78, 5) is 0. The van der Waals surface area contributed by atoms with Crippen LogP contribution in [0, 0.1) is 53.7 Å². The first-order valence-corrected chi connectivity index (χ1v) is 15.9. The van der Waals surface area contributed by atoms with Gasteiger partial charge in [-0.25, -0.2) is 26.3 Å². The predicted octanol–water partition coefficient (Wildman–Crippen LogP) is 12.7. The molecule has 0 spiro atoms. The second-order valence-corrected chi connectivity index (χ2v) is 12.2. The summed E-state index contributed by atoms with van der Waals surface area (Å²) in [5.41, 5.74) is 1.26. The first kappa shape index (κ1) is 35.3. The maximum atomic E-state index is 15.3. The normalized spacial score (nSPS) is 11.5. The molecule has 258 valence electrons. The van der Waals surface area contributed by atoms with Gasteiger partial charge in [0.25, 0.3) is 0 Å². The topological polar surface area (TPSA) is 0 Å². The van der Waals surface area contributed by atoms with Crippen molar-refractivity contribution >= 4 is 10.8 Å². The van der Waals surface area contributed by atoms with Crippen molar-refractivity contribution in [1.29, 1.82) is 0 Å². The number of rotatable bonds is 6. The number of benzene rings is 6. The minimum atomic E-state index is -5.38. The van der Waals surface area contributed by atoms with Gasteiger partial charge >= 0.3 is 6.18 Å². The summed E-state index contributed by atoms with van der Waals surface area (Å²) in [6.45, 7) is 3.67. The van der Waals surface area contributed by atoms with E-state index in [1.165, 1.54) is 18.2 Å². The summed E-state index contributed by atoms with van der Waals surface area (Å²) in [5.74, 6) is -1.43. The van der Waals surface area contributed by atoms with E-state index in [0.29, 0.717) is 45.5 Å². The van der Waals surface area contributed by atoms with Crippen molar-refractivity contribution < 1.29 is 39.5 Å². The third-order valence-electron chi connectivity index (χ3n) is 8.66. The lowest BCUT2D eigenvalue weighted by atomic mass is 9.95. The fraction of sp³-hybridized carbons (Fsp3) is 0.143. The van der Waals surface area contributed by atoms with Crippen molar-refractivity contribution in [3.05, 3.63) is 154 Å². The molecule has 0 unspecified atom stereocenters. The first-order chi connectivity index (χ1) is 24.2. The van der Waals surface area contributed by atoms with E-state index >= 15 is 8.78 Å². The molecule has 0 nitrogen and oxygen atoms in total. The molecule has 6 aromatic carbocycles. The number of halogens is 9. The van der Waals surface area contributed by atoms with Gasteiger partial charge in [0.1, 0.15) is 40.5 Å². The third kappa shape index (κ3) is 7.23. The standard InChI is InChI=1S/C42H27F9/c1-3-4-5-25-9-14-32(34(43)17-25)28-13-15-31(35(44)20-28)26-10-6-24(7-11-26)8-12-27-19-36(45)33(16-23(27)2)29-18-30-22-38(47)40(42(49,50)51)41(48)39(30)37(46)21-29/h6-7,9-11,13-22H,3-5H2,1-2H3. The Balaban J connectivity index is 1.23. The molecular weight excluding hydrogens is 675 g/mol. The maximum Gasteiger partial charge on any atom is 0.422 e. The van der Waals surface area contributed by atoms with Crippen LogP contribution in [0.15, 0.2) is 91.0 Å². The fourth-order valence-corrected chi connectivity index (χ4v) is 5.98. The molecular formula is C42H27F9. The average molecular weight is 703 g/mol. The zero-order valence-electron chi connectivity index (χ0n) is 27.2. The number of alkyl halides is 3. The molecule has 0 atom stereocenters. The molecule has 0 N–H and O–H groups in total. The van der Waals surface area contributed by atoms with Gasteiger partial charge in [-0.15, -0.1) is 0 Å². The van der Waals surface area contributed by atoms with Crippen LogP contribution >= 0.6 is 0 Å². The molecule has 0 aliphatic carbocycles. The van der Waals surface area contributed by atoms with Crippen molar-refractivity contribution in [1.82, 2.24) is 0 Å². The number of aryl methyl sites for hydroxylation is 2. The number of hydrogen-bond donors (Lipinski definition) is 0. The van der Waals surface area contributed by atoms with E-state index in [2.05, 4.69) is 18.8 Å². The summed E-state index contributed by atoms with van der Waals surface area (Å²) in [7, 11) is 0. The Morgan fingerprint density at radius 3 is 1.86 bits per heavy atom. The van der Waals surface area contributed by atoms with Crippen molar-refractivity contribution in [3.8, 4) is 45.2 Å². The highest BCUT2D eigenvalue weighted by Crippen LogP contribution is 2.39. The molecule has 0 aliphatic rings. The summed E-state index contributed by atoms with van der Waals surface area (Å²) in [6, 6.07) is 20.7. The molecule has 6 aromatic rings. The van der Waals surface area contributed by atoms with E-state index in [-0.39, 0.29) is 16.7 Å². The molecule has 0 aliphatic heterocycles. The molecule has 0 fully saturated rings. The fourth-order valence-electron chi connectivity index (χ4n) is 5.98. The molecule has 0 bridgehead atoms. The number of unbranched alkanes of at least 4 members (excludes halogenated alkanes) is 1. The van der Waals surface area contributed by atoms with Crippen LogP contribution in [0.4, 0.5) is 39.5 Å². The predicted molar refractivity (Wildman–Crippen MR) is 181 cm³/mol. The SMILES string of the molecule is CCCCc1ccc(-c2ccc(-c3ccc(C#Cc4cc(F)c(-c5cc(F)c6c(F)c(C(F)(F)F)c(F)cc6c5)cc4C)cc3)c(F)c2)c(F)c1. The van der Waals surface area contributed by atoms with Gasteiger partial charge in [-0.2, -0.15) is 13.2 Å². The number of hydrogen-bond acceptors (Lipinski definition) is 0. The van der Waals surface area contributed by atoms with Crippen molar-refractivity contribution in [2.75, 3.05) is 0 Å². The molecule has 0 saturated carbocycles. The molecule has 0 amide bonds. The molecule has 0 heterocycles. The molecule has 0 radical (unpaired) electrons. The van der Waals surface area contributed by atoms with Crippen molar-refractivity contribution in [2.24, 2.45) is 0 Å². The Morgan fingerprint density at radius 1 is 0.569 bits per heavy atom. The van der Waals surface area contributed by atoms with E-state index in [9.17, 15) is 30.7 Å². The Bertz CT molecular complexity index is 2360. The van der Waals surface area contributed by atoms with E-state index in [1.54, 1.807) is 49.4 Å². The minimum Gasteiger partial charge on any atom is -0.206 e. The monoisotopic (exact) mass is 702 g/mol. The Kier molecular flexibility index (Phi) is 9.72. The van der Waals surface area contributed by atoms with Crippen LogP contribution in [0.2, 0.25) is 0 Å². The van der Waals surface area contributed by atoms with E-state index < -0.39 is 57.4 Å². The van der Waals surface area contributed by atoms with Crippen LogP contribution in [-0.4, -0.2) is 0 Å². The van der Waals surface area contributed by atoms with Gasteiger partial charge < -0.3 is 0 Å². The molecule has 9 heteroatoms. The van der Waals surface area contributed by atoms with Gasteiger partial charge in [0.15, 0.2) is 0 Å². The first-order valence-electron chi connectivity index (χ1n) is 15.9. The van der Waals surface area contributed by atoms with Gasteiger partial charge in [-0.05, 0) is 108 Å². The third-order valence-corrected chi connectivity index (χ3v) is 8.66. The maximum absolute atomic E-state index is 15.3. The van der Waals surface area contributed by atoms with Crippen LogP contribution in [0.25, 0.3) is 44.2 Å². The van der Waals surface area contributed by atoms with Gasteiger partial charge in [0, 0.05) is 27.8 Å². The molecule has 0 aromatic heterocycles. The summed E-state index contributed by atoms with van der Waals surface area (Å²) < 4.78 is 128. The largest absolute Gasteiger partial charge is 0.422 e. The second-order valence-electron chi connectivity index (χ2n) is 12.2. The summed E-state index contributed by atoms with van der Waals surface area (Å²) >= 11 is 0. The Labute approximate surface area is 288 Å². The molecule has 0 saturated heterocycles. The molecule has 6 rings (SSSR count). The van der Waals surface area contributed by atoms with Crippen molar-refractivity contribution in [2.45, 2.75) is 39.3 Å². The lowest BCUT2D eigenvalue weighted by Gasteiger charge is -2.14. The molecule has 51 heavy (non-hydrogen) atoms. The van der Waals surface area contributed by atoms with E-state index in [4.69, 9.17) is 0 Å². The Morgan fingerprint density at radius 2 is 1.20 bits per heavy atom. The van der Waals surface area contributed by atoms with Crippen LogP contribution in [0.5, 0.6) is 0 Å². The lowest BCUT2D eigenvalue weighted by molar-refractivity contribution is -0.142. The minimum absolute atomic E-state index is 0.139. The summed E-state index contributed by atoms with van der Waals surface area (Å²) in [6.07, 6.45) is -2.66. The van der Waals surface area contributed by atoms with Gasteiger partial charge in [0.05, 0.1) is 5.39 Å². The smallest absolute Gasteiger partial charge is 0.206 e. The lowest BCUT2D eigenvalue weighted by Crippen LogP contribution is -2.12. The summed E-state index contributed by atoms with van der Waals surface area (Å²) in [5, 5.41) is -1.56. The second kappa shape index (κ2) is 14.0. The van der Waals surface area contributed by atoms with Crippen LogP contribution in [-0.2, 0) is 12.6 Å². The highest BCUT2D eigenvalue weighted by Gasteiger charge is 2.39. The zero-order valence-corrected chi connectivity index (χ0v) is 27.2.